The lowest BCUT2D eigenvalue weighted by Crippen LogP contribution is -2.16. The van der Waals surface area contributed by atoms with E-state index in [0.29, 0.717) is 12.5 Å². The number of hydrogen-bond donors (Lipinski definition) is 0. The number of nitrogens with zero attached hydrogens (tertiary/aromatic N) is 1. The highest BCUT2D eigenvalue weighted by Gasteiger charge is 2.22. The molecule has 1 aliphatic rings. The normalized spacial score (nSPS) is 16.6. The maximum absolute atomic E-state index is 11.7. The van der Waals surface area contributed by atoms with Crippen LogP contribution in [0.15, 0.2) is 12.3 Å². The van der Waals surface area contributed by atoms with Crippen molar-refractivity contribution in [2.24, 2.45) is 0 Å². The molecule has 0 bridgehead atoms. The summed E-state index contributed by atoms with van der Waals surface area (Å²) in [6, 6.07) is 2.30. The molecular formula is C14H17NO. The van der Waals surface area contributed by atoms with Gasteiger partial charge in [0.2, 0.25) is 0 Å². The van der Waals surface area contributed by atoms with E-state index >= 15 is 0 Å². The first-order valence-corrected chi connectivity index (χ1v) is 5.94. The fourth-order valence-corrected chi connectivity index (χ4v) is 2.47. The molecule has 1 aliphatic carbocycles. The summed E-state index contributed by atoms with van der Waals surface area (Å²) in [4.78, 5) is 11.7. The average molecular weight is 215 g/mol. The molecule has 0 saturated heterocycles. The summed E-state index contributed by atoms with van der Waals surface area (Å²) in [6.07, 6.45) is 11.8. The summed E-state index contributed by atoms with van der Waals surface area (Å²) in [7, 11) is 0. The zero-order valence-corrected chi connectivity index (χ0v) is 9.70. The molecule has 2 rings (SSSR count). The van der Waals surface area contributed by atoms with E-state index < -0.39 is 0 Å². The molecule has 0 spiro atoms. The van der Waals surface area contributed by atoms with Gasteiger partial charge >= 0.3 is 0 Å². The average Bonchev–Trinajstić information content (AvgIpc) is 2.71. The number of Topliss-reactive ketones (excluding diaryl/α,β-unsaturated/α-hetero) is 1. The summed E-state index contributed by atoms with van der Waals surface area (Å²) in [5.41, 5.74) is 2.11. The SMILES string of the molecule is C#CCC(CC)n1ccc2c1CCCC2=O. The Kier molecular flexibility index (Phi) is 3.14. The highest BCUT2D eigenvalue weighted by atomic mass is 16.1. The predicted molar refractivity (Wildman–Crippen MR) is 64.5 cm³/mol. The monoisotopic (exact) mass is 215 g/mol. The Balaban J connectivity index is 2.36. The quantitative estimate of drug-likeness (QED) is 0.710. The molecule has 0 amide bonds. The zero-order chi connectivity index (χ0) is 11.5. The fourth-order valence-electron chi connectivity index (χ4n) is 2.47. The van der Waals surface area contributed by atoms with Crippen molar-refractivity contribution in [2.75, 3.05) is 0 Å². The van der Waals surface area contributed by atoms with E-state index in [1.54, 1.807) is 0 Å². The van der Waals surface area contributed by atoms with Crippen LogP contribution in [0.2, 0.25) is 0 Å². The summed E-state index contributed by atoms with van der Waals surface area (Å²) in [5, 5.41) is 0. The van der Waals surface area contributed by atoms with Gasteiger partial charge in [-0.1, -0.05) is 6.92 Å². The van der Waals surface area contributed by atoms with Gasteiger partial charge in [-0.15, -0.1) is 12.3 Å². The lowest BCUT2D eigenvalue weighted by molar-refractivity contribution is 0.0971. The Morgan fingerprint density at radius 2 is 2.38 bits per heavy atom. The van der Waals surface area contributed by atoms with Gasteiger partial charge in [-0.05, 0) is 25.3 Å². The number of ketones is 1. The number of carbonyl (C=O) groups excluding carboxylic acids is 1. The van der Waals surface area contributed by atoms with Crippen LogP contribution in [0.1, 0.15) is 54.7 Å². The number of carbonyl (C=O) groups is 1. The standard InChI is InChI=1S/C14H17NO/c1-3-6-11(4-2)15-10-9-12-13(15)7-5-8-14(12)16/h1,9-11H,4-8H2,2H3. The van der Waals surface area contributed by atoms with Crippen LogP contribution < -0.4 is 0 Å². The van der Waals surface area contributed by atoms with E-state index in [-0.39, 0.29) is 5.78 Å². The van der Waals surface area contributed by atoms with Gasteiger partial charge in [0.25, 0.3) is 0 Å². The van der Waals surface area contributed by atoms with Crippen LogP contribution in [-0.2, 0) is 6.42 Å². The summed E-state index contributed by atoms with van der Waals surface area (Å²) < 4.78 is 2.21. The molecule has 1 atom stereocenters. The van der Waals surface area contributed by atoms with Gasteiger partial charge in [0, 0.05) is 36.3 Å². The van der Waals surface area contributed by atoms with E-state index in [1.807, 2.05) is 12.3 Å². The van der Waals surface area contributed by atoms with Crippen molar-refractivity contribution in [2.45, 2.75) is 45.1 Å². The van der Waals surface area contributed by atoms with Crippen LogP contribution in [0.25, 0.3) is 0 Å². The van der Waals surface area contributed by atoms with Crippen molar-refractivity contribution < 1.29 is 4.79 Å². The van der Waals surface area contributed by atoms with Crippen LogP contribution in [0.4, 0.5) is 0 Å². The molecule has 0 aromatic carbocycles. The molecule has 2 nitrogen and oxygen atoms in total. The predicted octanol–water partition coefficient (Wildman–Crippen LogP) is 2.98. The highest BCUT2D eigenvalue weighted by molar-refractivity contribution is 5.98. The van der Waals surface area contributed by atoms with Crippen molar-refractivity contribution >= 4 is 5.78 Å². The van der Waals surface area contributed by atoms with Crippen LogP contribution in [0.3, 0.4) is 0 Å². The number of fused-ring (bicyclic) bond motifs is 1. The lowest BCUT2D eigenvalue weighted by atomic mass is 9.96. The molecule has 0 N–H and O–H groups in total. The van der Waals surface area contributed by atoms with Crippen molar-refractivity contribution in [1.82, 2.24) is 4.57 Å². The van der Waals surface area contributed by atoms with Crippen LogP contribution in [-0.4, -0.2) is 10.4 Å². The number of hydrogen-bond acceptors (Lipinski definition) is 1. The minimum atomic E-state index is 0.288. The second kappa shape index (κ2) is 4.57. The zero-order valence-electron chi connectivity index (χ0n) is 9.70. The fraction of sp³-hybridized carbons (Fsp3) is 0.500. The molecule has 0 radical (unpaired) electrons. The first-order valence-electron chi connectivity index (χ1n) is 5.94. The Morgan fingerprint density at radius 1 is 1.56 bits per heavy atom. The van der Waals surface area contributed by atoms with Gasteiger partial charge < -0.3 is 4.57 Å². The van der Waals surface area contributed by atoms with Crippen molar-refractivity contribution in [3.8, 4) is 12.3 Å². The molecule has 0 fully saturated rings. The molecule has 0 saturated carbocycles. The molecule has 2 heteroatoms. The topological polar surface area (TPSA) is 22.0 Å². The molecule has 1 heterocycles. The molecule has 1 aromatic heterocycles. The minimum absolute atomic E-state index is 0.288. The smallest absolute Gasteiger partial charge is 0.164 e. The van der Waals surface area contributed by atoms with E-state index in [0.717, 1.165) is 31.2 Å². The first-order chi connectivity index (χ1) is 7.77. The summed E-state index contributed by atoms with van der Waals surface area (Å²) in [5.74, 6) is 3.01. The summed E-state index contributed by atoms with van der Waals surface area (Å²) in [6.45, 7) is 2.14. The maximum atomic E-state index is 11.7. The Morgan fingerprint density at radius 3 is 3.06 bits per heavy atom. The third-order valence-electron chi connectivity index (χ3n) is 3.36. The van der Waals surface area contributed by atoms with Gasteiger partial charge in [-0.3, -0.25) is 4.79 Å². The maximum Gasteiger partial charge on any atom is 0.164 e. The molecular weight excluding hydrogens is 198 g/mol. The number of aromatic nitrogens is 1. The first kappa shape index (κ1) is 11.0. The van der Waals surface area contributed by atoms with Crippen LogP contribution in [0, 0.1) is 12.3 Å². The number of terminal acetylenes is 1. The van der Waals surface area contributed by atoms with E-state index in [1.165, 1.54) is 5.69 Å². The van der Waals surface area contributed by atoms with E-state index in [2.05, 4.69) is 17.4 Å². The van der Waals surface area contributed by atoms with Gasteiger partial charge in [0.05, 0.1) is 0 Å². The summed E-state index contributed by atoms with van der Waals surface area (Å²) >= 11 is 0. The number of rotatable bonds is 3. The molecule has 84 valence electrons. The minimum Gasteiger partial charge on any atom is -0.347 e. The second-order valence-corrected chi connectivity index (χ2v) is 4.33. The largest absolute Gasteiger partial charge is 0.347 e. The lowest BCUT2D eigenvalue weighted by Gasteiger charge is -2.21. The van der Waals surface area contributed by atoms with E-state index in [9.17, 15) is 4.79 Å². The molecule has 0 aliphatic heterocycles. The molecule has 1 unspecified atom stereocenters. The third kappa shape index (κ3) is 1.78. The third-order valence-corrected chi connectivity index (χ3v) is 3.36. The van der Waals surface area contributed by atoms with Crippen molar-refractivity contribution in [3.05, 3.63) is 23.5 Å². The highest BCUT2D eigenvalue weighted by Crippen LogP contribution is 2.27. The van der Waals surface area contributed by atoms with Gasteiger partial charge in [-0.2, -0.15) is 0 Å². The Labute approximate surface area is 96.7 Å². The van der Waals surface area contributed by atoms with Gasteiger partial charge in [0.1, 0.15) is 0 Å². The molecule has 1 aromatic rings. The molecule has 16 heavy (non-hydrogen) atoms. The van der Waals surface area contributed by atoms with Crippen LogP contribution >= 0.6 is 0 Å². The second-order valence-electron chi connectivity index (χ2n) is 4.33. The van der Waals surface area contributed by atoms with Crippen molar-refractivity contribution in [1.29, 1.82) is 0 Å². The van der Waals surface area contributed by atoms with E-state index in [4.69, 9.17) is 6.42 Å². The Hall–Kier alpha value is -1.49. The van der Waals surface area contributed by atoms with Crippen molar-refractivity contribution in [3.63, 3.8) is 0 Å². The van der Waals surface area contributed by atoms with Gasteiger partial charge in [-0.25, -0.2) is 0 Å². The van der Waals surface area contributed by atoms with Crippen LogP contribution in [0.5, 0.6) is 0 Å². The van der Waals surface area contributed by atoms with Gasteiger partial charge in [0.15, 0.2) is 5.78 Å². The Bertz CT molecular complexity index is 436.